The minimum Gasteiger partial charge on any atom is -0.368 e. The Balaban J connectivity index is 2.17. The maximum absolute atomic E-state index is 11.3. The third kappa shape index (κ3) is 2.50. The van der Waals surface area contributed by atoms with Gasteiger partial charge < -0.3 is 9.80 Å². The zero-order chi connectivity index (χ0) is 13.1. The van der Waals surface area contributed by atoms with Gasteiger partial charge in [-0.05, 0) is 24.5 Å². The fourth-order valence-electron chi connectivity index (χ4n) is 2.70. The standard InChI is InChI=1S/C15H22N2O/c1-4-14-7-5-6-12(2)15(14)17-10-8-16(9-11-17)13(3)18/h5-7H,4,8-11H2,1-3H3. The minimum atomic E-state index is 0.190. The summed E-state index contributed by atoms with van der Waals surface area (Å²) in [5.74, 6) is 0.190. The van der Waals surface area contributed by atoms with E-state index in [1.165, 1.54) is 16.8 Å². The van der Waals surface area contributed by atoms with Crippen molar-refractivity contribution in [3.05, 3.63) is 29.3 Å². The molecule has 0 aromatic heterocycles. The predicted molar refractivity (Wildman–Crippen MR) is 75.0 cm³/mol. The van der Waals surface area contributed by atoms with E-state index in [4.69, 9.17) is 0 Å². The molecule has 1 aliphatic rings. The number of carbonyl (C=O) groups excluding carboxylic acids is 1. The fourth-order valence-corrected chi connectivity index (χ4v) is 2.70. The number of benzene rings is 1. The first kappa shape index (κ1) is 12.9. The highest BCUT2D eigenvalue weighted by molar-refractivity contribution is 5.73. The van der Waals surface area contributed by atoms with E-state index in [0.717, 1.165) is 32.6 Å². The monoisotopic (exact) mass is 246 g/mol. The molecule has 1 aromatic carbocycles. The Kier molecular flexibility index (Phi) is 3.90. The number of hydrogen-bond acceptors (Lipinski definition) is 2. The van der Waals surface area contributed by atoms with Gasteiger partial charge in [0.1, 0.15) is 0 Å². The normalized spacial score (nSPS) is 15.9. The summed E-state index contributed by atoms with van der Waals surface area (Å²) in [6.45, 7) is 9.59. The van der Waals surface area contributed by atoms with Crippen molar-refractivity contribution in [2.24, 2.45) is 0 Å². The largest absolute Gasteiger partial charge is 0.368 e. The number of carbonyl (C=O) groups is 1. The second kappa shape index (κ2) is 5.42. The van der Waals surface area contributed by atoms with E-state index < -0.39 is 0 Å². The quantitative estimate of drug-likeness (QED) is 0.799. The van der Waals surface area contributed by atoms with E-state index in [1.54, 1.807) is 6.92 Å². The Morgan fingerprint density at radius 2 is 1.89 bits per heavy atom. The van der Waals surface area contributed by atoms with Crippen molar-refractivity contribution >= 4 is 11.6 Å². The summed E-state index contributed by atoms with van der Waals surface area (Å²) in [4.78, 5) is 15.7. The van der Waals surface area contributed by atoms with Crippen LogP contribution in [0.4, 0.5) is 5.69 Å². The zero-order valence-electron chi connectivity index (χ0n) is 11.6. The summed E-state index contributed by atoms with van der Waals surface area (Å²) in [6, 6.07) is 6.51. The molecule has 1 saturated heterocycles. The van der Waals surface area contributed by atoms with Crippen molar-refractivity contribution in [2.45, 2.75) is 27.2 Å². The third-order valence-corrected chi connectivity index (χ3v) is 3.74. The molecule has 0 bridgehead atoms. The Hall–Kier alpha value is -1.51. The van der Waals surface area contributed by atoms with E-state index in [1.807, 2.05) is 4.90 Å². The molecule has 0 saturated carbocycles. The van der Waals surface area contributed by atoms with Gasteiger partial charge in [-0.2, -0.15) is 0 Å². The number of aryl methyl sites for hydroxylation is 2. The molecule has 2 rings (SSSR count). The lowest BCUT2D eigenvalue weighted by Gasteiger charge is -2.37. The summed E-state index contributed by atoms with van der Waals surface area (Å²) in [5, 5.41) is 0. The van der Waals surface area contributed by atoms with Crippen LogP contribution < -0.4 is 4.90 Å². The van der Waals surface area contributed by atoms with Crippen LogP contribution in [0.2, 0.25) is 0 Å². The van der Waals surface area contributed by atoms with Crippen molar-refractivity contribution in [3.63, 3.8) is 0 Å². The molecular weight excluding hydrogens is 224 g/mol. The summed E-state index contributed by atoms with van der Waals surface area (Å²) in [5.41, 5.74) is 4.13. The second-order valence-electron chi connectivity index (χ2n) is 4.93. The molecule has 0 atom stereocenters. The fraction of sp³-hybridized carbons (Fsp3) is 0.533. The SMILES string of the molecule is CCc1cccc(C)c1N1CCN(C(C)=O)CC1. The molecule has 3 nitrogen and oxygen atoms in total. The lowest BCUT2D eigenvalue weighted by Crippen LogP contribution is -2.48. The van der Waals surface area contributed by atoms with Crippen LogP contribution in [0.25, 0.3) is 0 Å². The average Bonchev–Trinajstić information content (AvgIpc) is 2.38. The van der Waals surface area contributed by atoms with Gasteiger partial charge in [-0.3, -0.25) is 4.79 Å². The number of anilines is 1. The summed E-state index contributed by atoms with van der Waals surface area (Å²) >= 11 is 0. The van der Waals surface area contributed by atoms with Crippen molar-refractivity contribution in [1.29, 1.82) is 0 Å². The first-order valence-electron chi connectivity index (χ1n) is 6.72. The van der Waals surface area contributed by atoms with Gasteiger partial charge in [0, 0.05) is 38.8 Å². The van der Waals surface area contributed by atoms with Gasteiger partial charge >= 0.3 is 0 Å². The van der Waals surface area contributed by atoms with Crippen LogP contribution in [0.1, 0.15) is 25.0 Å². The molecule has 0 spiro atoms. The van der Waals surface area contributed by atoms with Crippen molar-refractivity contribution in [3.8, 4) is 0 Å². The zero-order valence-corrected chi connectivity index (χ0v) is 11.6. The Bertz CT molecular complexity index is 434. The van der Waals surface area contributed by atoms with E-state index in [9.17, 15) is 4.79 Å². The molecule has 1 aliphatic heterocycles. The number of rotatable bonds is 2. The van der Waals surface area contributed by atoms with Gasteiger partial charge in [-0.15, -0.1) is 0 Å². The molecule has 18 heavy (non-hydrogen) atoms. The number of nitrogens with zero attached hydrogens (tertiary/aromatic N) is 2. The minimum absolute atomic E-state index is 0.190. The van der Waals surface area contributed by atoms with Crippen molar-refractivity contribution < 1.29 is 4.79 Å². The number of piperazine rings is 1. The highest BCUT2D eigenvalue weighted by Gasteiger charge is 2.21. The lowest BCUT2D eigenvalue weighted by atomic mass is 10.0. The van der Waals surface area contributed by atoms with Gasteiger partial charge in [0.2, 0.25) is 5.91 Å². The molecule has 98 valence electrons. The van der Waals surface area contributed by atoms with E-state index in [0.29, 0.717) is 0 Å². The maximum atomic E-state index is 11.3. The molecule has 3 heteroatoms. The van der Waals surface area contributed by atoms with Gasteiger partial charge in [-0.25, -0.2) is 0 Å². The topological polar surface area (TPSA) is 23.6 Å². The number of hydrogen-bond donors (Lipinski definition) is 0. The molecule has 0 radical (unpaired) electrons. The Morgan fingerprint density at radius 3 is 2.44 bits per heavy atom. The maximum Gasteiger partial charge on any atom is 0.219 e. The Labute approximate surface area is 109 Å². The van der Waals surface area contributed by atoms with Crippen LogP contribution in [0.15, 0.2) is 18.2 Å². The molecule has 1 amide bonds. The van der Waals surface area contributed by atoms with Gasteiger partial charge in [0.25, 0.3) is 0 Å². The molecule has 1 fully saturated rings. The molecule has 1 heterocycles. The molecule has 1 aromatic rings. The van der Waals surface area contributed by atoms with Crippen LogP contribution in [0.3, 0.4) is 0 Å². The molecular formula is C15H22N2O. The smallest absolute Gasteiger partial charge is 0.219 e. The van der Waals surface area contributed by atoms with E-state index in [2.05, 4.69) is 36.9 Å². The molecule has 0 aliphatic carbocycles. The lowest BCUT2D eigenvalue weighted by molar-refractivity contribution is -0.129. The van der Waals surface area contributed by atoms with Crippen molar-refractivity contribution in [1.82, 2.24) is 4.90 Å². The van der Waals surface area contributed by atoms with Crippen LogP contribution in [-0.4, -0.2) is 37.0 Å². The summed E-state index contributed by atoms with van der Waals surface area (Å²) in [6.07, 6.45) is 1.06. The van der Waals surface area contributed by atoms with Crippen LogP contribution >= 0.6 is 0 Å². The molecule has 0 unspecified atom stereocenters. The van der Waals surface area contributed by atoms with Gasteiger partial charge in [-0.1, -0.05) is 25.1 Å². The third-order valence-electron chi connectivity index (χ3n) is 3.74. The predicted octanol–water partition coefficient (Wildman–Crippen LogP) is 2.23. The first-order valence-corrected chi connectivity index (χ1v) is 6.72. The van der Waals surface area contributed by atoms with Crippen molar-refractivity contribution in [2.75, 3.05) is 31.1 Å². The number of amides is 1. The van der Waals surface area contributed by atoms with E-state index in [-0.39, 0.29) is 5.91 Å². The van der Waals surface area contributed by atoms with Crippen LogP contribution in [0, 0.1) is 6.92 Å². The van der Waals surface area contributed by atoms with Crippen LogP contribution in [0.5, 0.6) is 0 Å². The molecule has 0 N–H and O–H groups in total. The van der Waals surface area contributed by atoms with Gasteiger partial charge in [0.05, 0.1) is 0 Å². The highest BCUT2D eigenvalue weighted by atomic mass is 16.2. The second-order valence-corrected chi connectivity index (χ2v) is 4.93. The first-order chi connectivity index (χ1) is 8.63. The average molecular weight is 246 g/mol. The Morgan fingerprint density at radius 1 is 1.22 bits per heavy atom. The summed E-state index contributed by atoms with van der Waals surface area (Å²) < 4.78 is 0. The highest BCUT2D eigenvalue weighted by Crippen LogP contribution is 2.26. The van der Waals surface area contributed by atoms with E-state index >= 15 is 0 Å². The number of para-hydroxylation sites is 1. The summed E-state index contributed by atoms with van der Waals surface area (Å²) in [7, 11) is 0. The van der Waals surface area contributed by atoms with Crippen LogP contribution in [-0.2, 0) is 11.2 Å². The van der Waals surface area contributed by atoms with Gasteiger partial charge in [0.15, 0.2) is 0 Å².